The minimum Gasteiger partial charge on any atom is -0.379 e. The van der Waals surface area contributed by atoms with Gasteiger partial charge < -0.3 is 10.1 Å². The predicted molar refractivity (Wildman–Crippen MR) is 82.6 cm³/mol. The van der Waals surface area contributed by atoms with Gasteiger partial charge in [-0.1, -0.05) is 11.6 Å². The lowest BCUT2D eigenvalue weighted by Crippen LogP contribution is -2.42. The van der Waals surface area contributed by atoms with Gasteiger partial charge in [0.1, 0.15) is 0 Å². The van der Waals surface area contributed by atoms with Crippen molar-refractivity contribution in [2.24, 2.45) is 0 Å². The summed E-state index contributed by atoms with van der Waals surface area (Å²) >= 11 is 0. The number of ether oxygens (including phenoxy) is 1. The largest absolute Gasteiger partial charge is 0.379 e. The molecule has 0 amide bonds. The van der Waals surface area contributed by atoms with Crippen LogP contribution in [0.1, 0.15) is 47.0 Å². The Morgan fingerprint density at radius 2 is 2.00 bits per heavy atom. The van der Waals surface area contributed by atoms with Gasteiger partial charge in [0, 0.05) is 19.2 Å². The Morgan fingerprint density at radius 1 is 1.32 bits per heavy atom. The van der Waals surface area contributed by atoms with Gasteiger partial charge >= 0.3 is 0 Å². The van der Waals surface area contributed by atoms with Crippen LogP contribution in [0, 0.1) is 0 Å². The molecular formula is C16H32N2O. The van der Waals surface area contributed by atoms with E-state index in [1.807, 2.05) is 0 Å². The van der Waals surface area contributed by atoms with Crippen LogP contribution in [-0.2, 0) is 4.74 Å². The number of allylic oxidation sites excluding steroid dienone is 1. The summed E-state index contributed by atoms with van der Waals surface area (Å²) in [5.41, 5.74) is 1.42. The Labute approximate surface area is 119 Å². The molecule has 0 saturated carbocycles. The summed E-state index contributed by atoms with van der Waals surface area (Å²) in [4.78, 5) is 2.55. The number of nitrogens with zero attached hydrogens (tertiary/aromatic N) is 1. The molecule has 0 aliphatic carbocycles. The summed E-state index contributed by atoms with van der Waals surface area (Å²) in [5, 5.41) is 3.66. The summed E-state index contributed by atoms with van der Waals surface area (Å²) in [7, 11) is 0. The molecule has 1 fully saturated rings. The van der Waals surface area contributed by atoms with E-state index in [1.54, 1.807) is 0 Å². The molecule has 0 aromatic carbocycles. The van der Waals surface area contributed by atoms with Crippen LogP contribution >= 0.6 is 0 Å². The average molecular weight is 268 g/mol. The van der Waals surface area contributed by atoms with Crippen molar-refractivity contribution in [2.75, 3.05) is 32.8 Å². The lowest BCUT2D eigenvalue weighted by atomic mass is 10.0. The zero-order chi connectivity index (χ0) is 14.1. The Kier molecular flexibility index (Phi) is 8.35. The quantitative estimate of drug-likeness (QED) is 0.541. The highest BCUT2D eigenvalue weighted by atomic mass is 16.5. The Hall–Kier alpha value is -0.380. The second-order valence-electron chi connectivity index (χ2n) is 6.08. The molecule has 1 heterocycles. The van der Waals surface area contributed by atoms with Gasteiger partial charge in [0.15, 0.2) is 0 Å². The minimum atomic E-state index is 0.360. The third kappa shape index (κ3) is 8.40. The van der Waals surface area contributed by atoms with E-state index in [-0.39, 0.29) is 0 Å². The number of hydrogen-bond acceptors (Lipinski definition) is 3. The van der Waals surface area contributed by atoms with Crippen LogP contribution in [0.25, 0.3) is 0 Å². The Balaban J connectivity index is 2.02. The van der Waals surface area contributed by atoms with Crippen LogP contribution in [0.5, 0.6) is 0 Å². The molecule has 1 N–H and O–H groups in total. The molecule has 1 aliphatic rings. The predicted octanol–water partition coefficient (Wildman–Crippen LogP) is 2.82. The topological polar surface area (TPSA) is 24.5 Å². The fourth-order valence-corrected chi connectivity index (χ4v) is 2.33. The fourth-order valence-electron chi connectivity index (χ4n) is 2.33. The molecule has 0 bridgehead atoms. The second kappa shape index (κ2) is 9.51. The first-order chi connectivity index (χ1) is 9.08. The van der Waals surface area contributed by atoms with Crippen molar-refractivity contribution in [3.05, 3.63) is 11.6 Å². The maximum Gasteiger partial charge on any atom is 0.0518 e. The summed E-state index contributed by atoms with van der Waals surface area (Å²) < 4.78 is 5.55. The van der Waals surface area contributed by atoms with E-state index >= 15 is 0 Å². The lowest BCUT2D eigenvalue weighted by Gasteiger charge is -2.31. The summed E-state index contributed by atoms with van der Waals surface area (Å²) in [5.74, 6) is 0. The van der Waals surface area contributed by atoms with Crippen LogP contribution in [0.2, 0.25) is 0 Å². The van der Waals surface area contributed by atoms with Gasteiger partial charge in [-0.05, 0) is 66.6 Å². The van der Waals surface area contributed by atoms with Gasteiger partial charge in [0.05, 0.1) is 6.10 Å². The smallest absolute Gasteiger partial charge is 0.0518 e. The van der Waals surface area contributed by atoms with Gasteiger partial charge in [0.2, 0.25) is 0 Å². The zero-order valence-corrected chi connectivity index (χ0v) is 13.2. The van der Waals surface area contributed by atoms with Gasteiger partial charge in [-0.25, -0.2) is 0 Å². The molecule has 0 radical (unpaired) electrons. The molecule has 3 nitrogen and oxygen atoms in total. The van der Waals surface area contributed by atoms with Crippen molar-refractivity contribution in [1.29, 1.82) is 0 Å². The van der Waals surface area contributed by atoms with Gasteiger partial charge in [-0.2, -0.15) is 0 Å². The number of rotatable bonds is 8. The molecular weight excluding hydrogens is 236 g/mol. The highest BCUT2D eigenvalue weighted by molar-refractivity contribution is 4.95. The van der Waals surface area contributed by atoms with E-state index in [0.717, 1.165) is 26.1 Å². The van der Waals surface area contributed by atoms with Crippen molar-refractivity contribution in [2.45, 2.75) is 59.1 Å². The fraction of sp³-hybridized carbons (Fsp3) is 0.875. The van der Waals surface area contributed by atoms with E-state index in [1.165, 1.54) is 31.5 Å². The van der Waals surface area contributed by atoms with Crippen LogP contribution in [0.15, 0.2) is 11.6 Å². The third-order valence-corrected chi connectivity index (χ3v) is 3.55. The molecule has 0 spiro atoms. The maximum absolute atomic E-state index is 5.55. The molecule has 1 rings (SSSR count). The van der Waals surface area contributed by atoms with Crippen LogP contribution in [0.4, 0.5) is 0 Å². The molecule has 0 unspecified atom stereocenters. The Morgan fingerprint density at radius 3 is 2.58 bits per heavy atom. The van der Waals surface area contributed by atoms with Crippen molar-refractivity contribution >= 4 is 0 Å². The second-order valence-corrected chi connectivity index (χ2v) is 6.08. The normalized spacial score (nSPS) is 17.9. The molecule has 0 aromatic heterocycles. The number of likely N-dealkylation sites (tertiary alicyclic amines) is 1. The highest BCUT2D eigenvalue weighted by Crippen LogP contribution is 2.10. The monoisotopic (exact) mass is 268 g/mol. The first kappa shape index (κ1) is 16.7. The zero-order valence-electron chi connectivity index (χ0n) is 13.2. The van der Waals surface area contributed by atoms with Crippen molar-refractivity contribution < 1.29 is 4.74 Å². The van der Waals surface area contributed by atoms with E-state index in [4.69, 9.17) is 4.74 Å². The van der Waals surface area contributed by atoms with E-state index < -0.39 is 0 Å². The molecule has 1 aliphatic heterocycles. The molecule has 1 saturated heterocycles. The van der Waals surface area contributed by atoms with Gasteiger partial charge in [-0.15, -0.1) is 0 Å². The SMILES string of the molecule is CC(C)=CCN1CCC(NCCCOC(C)C)CC1. The number of hydrogen-bond donors (Lipinski definition) is 1. The van der Waals surface area contributed by atoms with Crippen LogP contribution < -0.4 is 5.32 Å². The first-order valence-electron chi connectivity index (χ1n) is 7.78. The summed E-state index contributed by atoms with van der Waals surface area (Å²) in [6.45, 7) is 14.1. The summed E-state index contributed by atoms with van der Waals surface area (Å²) in [6.07, 6.45) is 6.37. The average Bonchev–Trinajstić information content (AvgIpc) is 2.37. The minimum absolute atomic E-state index is 0.360. The highest BCUT2D eigenvalue weighted by Gasteiger charge is 2.17. The molecule has 0 atom stereocenters. The maximum atomic E-state index is 5.55. The van der Waals surface area contributed by atoms with Crippen molar-refractivity contribution in [3.8, 4) is 0 Å². The molecule has 112 valence electrons. The molecule has 19 heavy (non-hydrogen) atoms. The molecule has 0 aromatic rings. The van der Waals surface area contributed by atoms with Gasteiger partial charge in [-0.3, -0.25) is 4.90 Å². The van der Waals surface area contributed by atoms with E-state index in [2.05, 4.69) is 44.0 Å². The van der Waals surface area contributed by atoms with Crippen LogP contribution in [-0.4, -0.2) is 49.8 Å². The number of nitrogens with one attached hydrogen (secondary N) is 1. The Bertz CT molecular complexity index is 251. The lowest BCUT2D eigenvalue weighted by molar-refractivity contribution is 0.0762. The first-order valence-corrected chi connectivity index (χ1v) is 7.78. The van der Waals surface area contributed by atoms with E-state index in [0.29, 0.717) is 12.1 Å². The molecule has 3 heteroatoms. The summed E-state index contributed by atoms with van der Waals surface area (Å²) in [6, 6.07) is 0.710. The van der Waals surface area contributed by atoms with E-state index in [9.17, 15) is 0 Å². The van der Waals surface area contributed by atoms with Crippen molar-refractivity contribution in [1.82, 2.24) is 10.2 Å². The van der Waals surface area contributed by atoms with Crippen molar-refractivity contribution in [3.63, 3.8) is 0 Å². The number of piperidine rings is 1. The third-order valence-electron chi connectivity index (χ3n) is 3.55. The van der Waals surface area contributed by atoms with Gasteiger partial charge in [0.25, 0.3) is 0 Å². The standard InChI is InChI=1S/C16H32N2O/c1-14(2)6-10-18-11-7-16(8-12-18)17-9-5-13-19-15(3)4/h6,15-17H,5,7-13H2,1-4H3. The van der Waals surface area contributed by atoms with Crippen LogP contribution in [0.3, 0.4) is 0 Å².